The standard InChI is InChI=1S/C16H21N5O/c1-3-14(22)21-7-4-12(10-21)8-13-15(18-6-5-17-13)16-19-9-11(2)20-16/h5-6,9,12H,3-4,7-8,10H2,1-2H3,(H,19,20). The van der Waals surface area contributed by atoms with Gasteiger partial charge in [0.05, 0.1) is 5.69 Å². The molecule has 1 atom stereocenters. The number of H-pyrrole nitrogens is 1. The molecular formula is C16H21N5O. The van der Waals surface area contributed by atoms with Gasteiger partial charge in [-0.25, -0.2) is 9.97 Å². The van der Waals surface area contributed by atoms with Crippen molar-refractivity contribution in [2.45, 2.75) is 33.1 Å². The molecule has 0 spiro atoms. The number of aryl methyl sites for hydroxylation is 1. The van der Waals surface area contributed by atoms with Crippen LogP contribution in [-0.2, 0) is 11.2 Å². The van der Waals surface area contributed by atoms with Gasteiger partial charge in [0, 0.05) is 43.8 Å². The van der Waals surface area contributed by atoms with Crippen LogP contribution in [0.4, 0.5) is 0 Å². The summed E-state index contributed by atoms with van der Waals surface area (Å²) in [5, 5.41) is 0. The monoisotopic (exact) mass is 299 g/mol. The van der Waals surface area contributed by atoms with E-state index in [1.165, 1.54) is 0 Å². The number of carbonyl (C=O) groups is 1. The lowest BCUT2D eigenvalue weighted by molar-refractivity contribution is -0.129. The molecule has 22 heavy (non-hydrogen) atoms. The number of aromatic amines is 1. The zero-order valence-corrected chi connectivity index (χ0v) is 13.0. The molecule has 1 saturated heterocycles. The Labute approximate surface area is 130 Å². The first-order valence-electron chi connectivity index (χ1n) is 7.77. The van der Waals surface area contributed by atoms with Crippen molar-refractivity contribution in [1.29, 1.82) is 0 Å². The van der Waals surface area contributed by atoms with Crippen molar-refractivity contribution < 1.29 is 4.79 Å². The average Bonchev–Trinajstić information content (AvgIpc) is 3.16. The number of nitrogens with zero attached hydrogens (tertiary/aromatic N) is 4. The van der Waals surface area contributed by atoms with E-state index in [0.29, 0.717) is 12.3 Å². The average molecular weight is 299 g/mol. The van der Waals surface area contributed by atoms with Crippen LogP contribution < -0.4 is 0 Å². The Morgan fingerprint density at radius 2 is 2.18 bits per heavy atom. The summed E-state index contributed by atoms with van der Waals surface area (Å²) in [6, 6.07) is 0. The van der Waals surface area contributed by atoms with Gasteiger partial charge in [-0.1, -0.05) is 6.92 Å². The molecule has 0 saturated carbocycles. The van der Waals surface area contributed by atoms with E-state index in [-0.39, 0.29) is 5.91 Å². The first-order valence-corrected chi connectivity index (χ1v) is 7.77. The number of hydrogen-bond acceptors (Lipinski definition) is 4. The van der Waals surface area contributed by atoms with E-state index in [1.807, 2.05) is 18.7 Å². The second-order valence-corrected chi connectivity index (χ2v) is 5.82. The third kappa shape index (κ3) is 3.00. The van der Waals surface area contributed by atoms with E-state index in [2.05, 4.69) is 19.9 Å². The summed E-state index contributed by atoms with van der Waals surface area (Å²) in [6.07, 6.45) is 7.64. The number of amides is 1. The zero-order valence-electron chi connectivity index (χ0n) is 13.0. The van der Waals surface area contributed by atoms with Gasteiger partial charge in [0.25, 0.3) is 0 Å². The van der Waals surface area contributed by atoms with Gasteiger partial charge in [-0.15, -0.1) is 0 Å². The van der Waals surface area contributed by atoms with Gasteiger partial charge in [0.2, 0.25) is 5.91 Å². The van der Waals surface area contributed by atoms with E-state index >= 15 is 0 Å². The maximum atomic E-state index is 11.8. The fourth-order valence-electron chi connectivity index (χ4n) is 2.97. The molecular weight excluding hydrogens is 278 g/mol. The highest BCUT2D eigenvalue weighted by Crippen LogP contribution is 2.24. The van der Waals surface area contributed by atoms with Crippen molar-refractivity contribution in [3.8, 4) is 11.5 Å². The molecule has 1 amide bonds. The van der Waals surface area contributed by atoms with E-state index in [4.69, 9.17) is 0 Å². The number of carbonyl (C=O) groups excluding carboxylic acids is 1. The summed E-state index contributed by atoms with van der Waals surface area (Å²) in [5.41, 5.74) is 2.77. The maximum Gasteiger partial charge on any atom is 0.222 e. The molecule has 2 aromatic rings. The molecule has 1 fully saturated rings. The molecule has 116 valence electrons. The molecule has 0 radical (unpaired) electrons. The van der Waals surface area contributed by atoms with Crippen LogP contribution in [-0.4, -0.2) is 43.8 Å². The van der Waals surface area contributed by atoms with Gasteiger partial charge in [0.1, 0.15) is 5.69 Å². The molecule has 0 aliphatic carbocycles. The highest BCUT2D eigenvalue weighted by atomic mass is 16.2. The zero-order chi connectivity index (χ0) is 15.5. The highest BCUT2D eigenvalue weighted by Gasteiger charge is 2.27. The van der Waals surface area contributed by atoms with Gasteiger partial charge < -0.3 is 9.88 Å². The first kappa shape index (κ1) is 14.7. The third-order valence-corrected chi connectivity index (χ3v) is 4.12. The fourth-order valence-corrected chi connectivity index (χ4v) is 2.97. The van der Waals surface area contributed by atoms with Gasteiger partial charge in [0.15, 0.2) is 5.82 Å². The second-order valence-electron chi connectivity index (χ2n) is 5.82. The fraction of sp³-hybridized carbons (Fsp3) is 0.500. The summed E-state index contributed by atoms with van der Waals surface area (Å²) >= 11 is 0. The minimum atomic E-state index is 0.239. The normalized spacial score (nSPS) is 17.9. The Morgan fingerprint density at radius 1 is 1.36 bits per heavy atom. The Balaban J connectivity index is 1.75. The first-order chi connectivity index (χ1) is 10.7. The van der Waals surface area contributed by atoms with Crippen LogP contribution in [0.2, 0.25) is 0 Å². The number of nitrogens with one attached hydrogen (secondary N) is 1. The lowest BCUT2D eigenvalue weighted by Crippen LogP contribution is -2.28. The molecule has 6 nitrogen and oxygen atoms in total. The molecule has 3 rings (SSSR count). The molecule has 3 heterocycles. The number of imidazole rings is 1. The quantitative estimate of drug-likeness (QED) is 0.936. The molecule has 6 heteroatoms. The van der Waals surface area contributed by atoms with Crippen molar-refractivity contribution in [2.24, 2.45) is 5.92 Å². The molecule has 1 N–H and O–H groups in total. The molecule has 1 aliphatic rings. The van der Waals surface area contributed by atoms with E-state index in [0.717, 1.165) is 48.8 Å². The molecule has 1 aliphatic heterocycles. The van der Waals surface area contributed by atoms with Crippen LogP contribution in [0, 0.1) is 12.8 Å². The number of hydrogen-bond donors (Lipinski definition) is 1. The Bertz CT molecular complexity index is 666. The minimum Gasteiger partial charge on any atom is -0.342 e. The highest BCUT2D eigenvalue weighted by molar-refractivity contribution is 5.76. The summed E-state index contributed by atoms with van der Waals surface area (Å²) in [5.74, 6) is 1.45. The van der Waals surface area contributed by atoms with Crippen molar-refractivity contribution in [3.05, 3.63) is 30.0 Å². The number of likely N-dealkylation sites (tertiary alicyclic amines) is 1. The Hall–Kier alpha value is -2.24. The Kier molecular flexibility index (Phi) is 4.18. The topological polar surface area (TPSA) is 74.8 Å². The van der Waals surface area contributed by atoms with Crippen LogP contribution in [0.25, 0.3) is 11.5 Å². The van der Waals surface area contributed by atoms with Crippen LogP contribution in [0.3, 0.4) is 0 Å². The molecule has 1 unspecified atom stereocenters. The van der Waals surface area contributed by atoms with Gasteiger partial charge >= 0.3 is 0 Å². The van der Waals surface area contributed by atoms with E-state index < -0.39 is 0 Å². The summed E-state index contributed by atoms with van der Waals surface area (Å²) < 4.78 is 0. The van der Waals surface area contributed by atoms with Gasteiger partial charge in [-0.05, 0) is 25.7 Å². The van der Waals surface area contributed by atoms with Crippen LogP contribution in [0.1, 0.15) is 31.2 Å². The summed E-state index contributed by atoms with van der Waals surface area (Å²) in [4.78, 5) is 30.2. The smallest absolute Gasteiger partial charge is 0.222 e. The summed E-state index contributed by atoms with van der Waals surface area (Å²) in [6.45, 7) is 5.56. The van der Waals surface area contributed by atoms with Crippen molar-refractivity contribution >= 4 is 5.91 Å². The van der Waals surface area contributed by atoms with E-state index in [1.54, 1.807) is 18.6 Å². The lowest BCUT2D eigenvalue weighted by Gasteiger charge is -2.15. The predicted octanol–water partition coefficient (Wildman–Crippen LogP) is 1.98. The largest absolute Gasteiger partial charge is 0.342 e. The van der Waals surface area contributed by atoms with Crippen LogP contribution in [0.15, 0.2) is 18.6 Å². The minimum absolute atomic E-state index is 0.239. The number of rotatable bonds is 4. The third-order valence-electron chi connectivity index (χ3n) is 4.12. The molecule has 2 aromatic heterocycles. The second kappa shape index (κ2) is 6.25. The molecule has 0 aromatic carbocycles. The molecule has 0 bridgehead atoms. The van der Waals surface area contributed by atoms with Crippen LogP contribution >= 0.6 is 0 Å². The van der Waals surface area contributed by atoms with Gasteiger partial charge in [-0.2, -0.15) is 0 Å². The van der Waals surface area contributed by atoms with Crippen LogP contribution in [0.5, 0.6) is 0 Å². The lowest BCUT2D eigenvalue weighted by atomic mass is 10.0. The van der Waals surface area contributed by atoms with Crippen molar-refractivity contribution in [2.75, 3.05) is 13.1 Å². The van der Waals surface area contributed by atoms with Crippen molar-refractivity contribution in [3.63, 3.8) is 0 Å². The maximum absolute atomic E-state index is 11.8. The SMILES string of the molecule is CCC(=O)N1CCC(Cc2nccnc2-c2ncc(C)[nH]2)C1. The van der Waals surface area contributed by atoms with Crippen molar-refractivity contribution in [1.82, 2.24) is 24.8 Å². The van der Waals surface area contributed by atoms with E-state index in [9.17, 15) is 4.79 Å². The summed E-state index contributed by atoms with van der Waals surface area (Å²) in [7, 11) is 0. The van der Waals surface area contributed by atoms with Gasteiger partial charge in [-0.3, -0.25) is 9.78 Å². The number of aromatic nitrogens is 4. The Morgan fingerprint density at radius 3 is 2.91 bits per heavy atom. The predicted molar refractivity (Wildman–Crippen MR) is 83.0 cm³/mol.